The molecule has 0 bridgehead atoms. The zero-order chi connectivity index (χ0) is 16.0. The van der Waals surface area contributed by atoms with Crippen LogP contribution in [0.2, 0.25) is 0 Å². The van der Waals surface area contributed by atoms with Gasteiger partial charge in [-0.1, -0.05) is 32.9 Å². The minimum Gasteiger partial charge on any atom is -0.387 e. The van der Waals surface area contributed by atoms with E-state index in [9.17, 15) is 14.3 Å². The van der Waals surface area contributed by atoms with E-state index >= 15 is 0 Å². The number of carbonyl (C=O) groups excluding carboxylic acids is 1. The van der Waals surface area contributed by atoms with E-state index in [1.54, 1.807) is 11.8 Å². The second-order valence-corrected chi connectivity index (χ2v) is 5.84. The Kier molecular flexibility index (Phi) is 6.78. The number of nitrogens with zero attached hydrogens (tertiary/aromatic N) is 1. The van der Waals surface area contributed by atoms with Crippen molar-refractivity contribution in [2.24, 2.45) is 17.6 Å². The number of aliphatic hydroxyl groups is 1. The van der Waals surface area contributed by atoms with Crippen LogP contribution in [0.3, 0.4) is 0 Å². The average molecular weight is 296 g/mol. The number of carbonyl (C=O) groups is 1. The fraction of sp³-hybridized carbons (Fsp3) is 0.562. The van der Waals surface area contributed by atoms with Crippen molar-refractivity contribution < 1.29 is 14.3 Å². The zero-order valence-electron chi connectivity index (χ0n) is 12.9. The molecule has 1 aromatic carbocycles. The fourth-order valence-corrected chi connectivity index (χ4v) is 2.11. The molecule has 1 rings (SSSR count). The summed E-state index contributed by atoms with van der Waals surface area (Å²) in [6.45, 7) is 6.82. The highest BCUT2D eigenvalue weighted by atomic mass is 19.1. The number of halogens is 1. The SMILES string of the molecule is CC(C)CN(CC(O)c1ccc(F)cc1)C(=O)C(C)CN. The average Bonchev–Trinajstić information content (AvgIpc) is 2.45. The number of hydrogen-bond acceptors (Lipinski definition) is 3. The van der Waals surface area contributed by atoms with Crippen LogP contribution in [0.5, 0.6) is 0 Å². The second-order valence-electron chi connectivity index (χ2n) is 5.84. The Bertz CT molecular complexity index is 448. The van der Waals surface area contributed by atoms with Crippen molar-refractivity contribution in [1.29, 1.82) is 0 Å². The van der Waals surface area contributed by atoms with Crippen molar-refractivity contribution in [3.05, 3.63) is 35.6 Å². The predicted molar refractivity (Wildman–Crippen MR) is 81.0 cm³/mol. The third-order valence-corrected chi connectivity index (χ3v) is 3.32. The summed E-state index contributed by atoms with van der Waals surface area (Å²) in [6.07, 6.45) is -0.835. The molecule has 0 saturated heterocycles. The smallest absolute Gasteiger partial charge is 0.226 e. The molecule has 0 saturated carbocycles. The van der Waals surface area contributed by atoms with Crippen molar-refractivity contribution >= 4 is 5.91 Å². The lowest BCUT2D eigenvalue weighted by Gasteiger charge is -2.29. The summed E-state index contributed by atoms with van der Waals surface area (Å²) in [5.41, 5.74) is 6.14. The van der Waals surface area contributed by atoms with Crippen molar-refractivity contribution in [3.8, 4) is 0 Å². The summed E-state index contributed by atoms with van der Waals surface area (Å²) in [4.78, 5) is 13.9. The van der Waals surface area contributed by atoms with Crippen molar-refractivity contribution in [2.75, 3.05) is 19.6 Å². The van der Waals surface area contributed by atoms with Crippen LogP contribution in [0.15, 0.2) is 24.3 Å². The van der Waals surface area contributed by atoms with Crippen LogP contribution >= 0.6 is 0 Å². The summed E-state index contributed by atoms with van der Waals surface area (Å²) in [5, 5.41) is 10.3. The van der Waals surface area contributed by atoms with E-state index in [4.69, 9.17) is 5.73 Å². The van der Waals surface area contributed by atoms with Gasteiger partial charge < -0.3 is 15.7 Å². The van der Waals surface area contributed by atoms with Crippen LogP contribution in [-0.4, -0.2) is 35.5 Å². The molecule has 0 heterocycles. The van der Waals surface area contributed by atoms with Crippen LogP contribution in [-0.2, 0) is 4.79 Å². The first-order valence-corrected chi connectivity index (χ1v) is 7.27. The van der Waals surface area contributed by atoms with Crippen molar-refractivity contribution in [1.82, 2.24) is 4.90 Å². The van der Waals surface area contributed by atoms with Gasteiger partial charge in [-0.05, 0) is 23.6 Å². The molecule has 21 heavy (non-hydrogen) atoms. The summed E-state index contributed by atoms with van der Waals surface area (Å²) >= 11 is 0. The first-order valence-electron chi connectivity index (χ1n) is 7.27. The van der Waals surface area contributed by atoms with Crippen LogP contribution in [0.1, 0.15) is 32.4 Å². The van der Waals surface area contributed by atoms with Crippen LogP contribution in [0.25, 0.3) is 0 Å². The maximum Gasteiger partial charge on any atom is 0.226 e. The first-order chi connectivity index (χ1) is 9.85. The summed E-state index contributed by atoms with van der Waals surface area (Å²) < 4.78 is 12.9. The molecule has 0 aromatic heterocycles. The standard InChI is InChI=1S/C16H25FN2O2/c1-11(2)9-19(16(21)12(3)8-18)10-15(20)13-4-6-14(17)7-5-13/h4-7,11-12,15,20H,8-10,18H2,1-3H3. The van der Waals surface area contributed by atoms with Gasteiger partial charge in [-0.3, -0.25) is 4.79 Å². The number of aliphatic hydroxyl groups excluding tert-OH is 1. The van der Waals surface area contributed by atoms with Gasteiger partial charge in [0.05, 0.1) is 12.6 Å². The Balaban J connectivity index is 2.80. The molecule has 0 spiro atoms. The molecule has 4 nitrogen and oxygen atoms in total. The molecule has 118 valence electrons. The highest BCUT2D eigenvalue weighted by Crippen LogP contribution is 2.17. The summed E-state index contributed by atoms with van der Waals surface area (Å²) in [5.74, 6) is -0.395. The lowest BCUT2D eigenvalue weighted by molar-refractivity contribution is -0.136. The number of nitrogens with two attached hydrogens (primary N) is 1. The minimum absolute atomic E-state index is 0.0626. The van der Waals surface area contributed by atoms with E-state index in [1.807, 2.05) is 13.8 Å². The molecule has 2 unspecified atom stereocenters. The molecule has 5 heteroatoms. The Morgan fingerprint density at radius 2 is 1.81 bits per heavy atom. The number of amides is 1. The Labute approximate surface area is 125 Å². The third-order valence-electron chi connectivity index (χ3n) is 3.32. The topological polar surface area (TPSA) is 66.6 Å². The second kappa shape index (κ2) is 8.10. The highest BCUT2D eigenvalue weighted by molar-refractivity contribution is 5.78. The van der Waals surface area contributed by atoms with Gasteiger partial charge in [0.25, 0.3) is 0 Å². The molecule has 1 aromatic rings. The van der Waals surface area contributed by atoms with Crippen molar-refractivity contribution in [2.45, 2.75) is 26.9 Å². The fourth-order valence-electron chi connectivity index (χ4n) is 2.11. The Hall–Kier alpha value is -1.46. The quantitative estimate of drug-likeness (QED) is 0.808. The number of hydrogen-bond donors (Lipinski definition) is 2. The van der Waals surface area contributed by atoms with E-state index in [0.29, 0.717) is 18.0 Å². The van der Waals surface area contributed by atoms with Crippen LogP contribution in [0.4, 0.5) is 4.39 Å². The molecule has 0 fully saturated rings. The Morgan fingerprint density at radius 3 is 2.29 bits per heavy atom. The summed E-state index contributed by atoms with van der Waals surface area (Å²) in [6, 6.07) is 5.67. The minimum atomic E-state index is -0.835. The normalized spacial score (nSPS) is 14.0. The number of rotatable bonds is 7. The first kappa shape index (κ1) is 17.6. The van der Waals surface area contributed by atoms with E-state index < -0.39 is 6.10 Å². The molecule has 1 amide bonds. The maximum absolute atomic E-state index is 12.9. The number of benzene rings is 1. The summed E-state index contributed by atoms with van der Waals surface area (Å²) in [7, 11) is 0. The van der Waals surface area contributed by atoms with Gasteiger partial charge in [0.1, 0.15) is 5.82 Å². The Morgan fingerprint density at radius 1 is 1.24 bits per heavy atom. The van der Waals surface area contributed by atoms with Crippen LogP contribution in [0, 0.1) is 17.7 Å². The zero-order valence-corrected chi connectivity index (χ0v) is 12.9. The van der Waals surface area contributed by atoms with Gasteiger partial charge >= 0.3 is 0 Å². The third kappa shape index (κ3) is 5.44. The molecule has 0 radical (unpaired) electrons. The molecule has 0 aliphatic heterocycles. The molecular weight excluding hydrogens is 271 g/mol. The highest BCUT2D eigenvalue weighted by Gasteiger charge is 2.23. The van der Waals surface area contributed by atoms with Gasteiger partial charge in [-0.2, -0.15) is 0 Å². The largest absolute Gasteiger partial charge is 0.387 e. The van der Waals surface area contributed by atoms with Gasteiger partial charge in [0.15, 0.2) is 0 Å². The maximum atomic E-state index is 12.9. The van der Waals surface area contributed by atoms with Crippen molar-refractivity contribution in [3.63, 3.8) is 0 Å². The molecule has 0 aliphatic rings. The van der Waals surface area contributed by atoms with Gasteiger partial charge in [0, 0.05) is 19.0 Å². The molecular formula is C16H25FN2O2. The predicted octanol–water partition coefficient (Wildman–Crippen LogP) is 1.94. The molecule has 2 atom stereocenters. The molecule has 3 N–H and O–H groups in total. The van der Waals surface area contributed by atoms with Gasteiger partial charge in [-0.15, -0.1) is 0 Å². The lowest BCUT2D eigenvalue weighted by Crippen LogP contribution is -2.42. The van der Waals surface area contributed by atoms with Gasteiger partial charge in [0.2, 0.25) is 5.91 Å². The monoisotopic (exact) mass is 296 g/mol. The molecule has 0 aliphatic carbocycles. The van der Waals surface area contributed by atoms with E-state index in [2.05, 4.69) is 0 Å². The van der Waals surface area contributed by atoms with E-state index in [0.717, 1.165) is 0 Å². The van der Waals surface area contributed by atoms with E-state index in [-0.39, 0.29) is 30.7 Å². The van der Waals surface area contributed by atoms with Crippen LogP contribution < -0.4 is 5.73 Å². The van der Waals surface area contributed by atoms with Gasteiger partial charge in [-0.25, -0.2) is 4.39 Å². The lowest BCUT2D eigenvalue weighted by atomic mass is 10.1. The van der Waals surface area contributed by atoms with E-state index in [1.165, 1.54) is 24.3 Å².